The summed E-state index contributed by atoms with van der Waals surface area (Å²) in [7, 11) is 0. The first-order valence-electron chi connectivity index (χ1n) is 6.73. The van der Waals surface area contributed by atoms with E-state index in [-0.39, 0.29) is 18.5 Å². The number of amidine groups is 1. The van der Waals surface area contributed by atoms with Crippen molar-refractivity contribution < 1.29 is 9.84 Å². The van der Waals surface area contributed by atoms with Crippen molar-refractivity contribution in [1.82, 2.24) is 0 Å². The lowest BCUT2D eigenvalue weighted by Gasteiger charge is -2.34. The zero-order chi connectivity index (χ0) is 14.5. The molecule has 0 bridgehead atoms. The van der Waals surface area contributed by atoms with Crippen LogP contribution in [0.15, 0.2) is 22.7 Å². The summed E-state index contributed by atoms with van der Waals surface area (Å²) in [5.41, 5.74) is 7.43. The van der Waals surface area contributed by atoms with Gasteiger partial charge < -0.3 is 20.5 Å². The number of nitrogens with one attached hydrogen (secondary N) is 1. The number of ether oxygens (including phenoxy) is 1. The number of aliphatic hydroxyl groups is 1. The molecule has 110 valence electrons. The lowest BCUT2D eigenvalue weighted by molar-refractivity contribution is 0.0159. The molecule has 0 unspecified atom stereocenters. The van der Waals surface area contributed by atoms with Gasteiger partial charge in [0.05, 0.1) is 19.3 Å². The molecule has 1 saturated heterocycles. The quantitative estimate of drug-likeness (QED) is 0.562. The number of halogens is 1. The third-order valence-corrected chi connectivity index (χ3v) is 3.97. The number of benzene rings is 1. The Morgan fingerprint density at radius 1 is 1.45 bits per heavy atom. The van der Waals surface area contributed by atoms with Gasteiger partial charge in [0, 0.05) is 28.8 Å². The Kier molecular flexibility index (Phi) is 5.39. The lowest BCUT2D eigenvalue weighted by Crippen LogP contribution is -2.38. The molecule has 1 aromatic rings. The molecule has 0 saturated carbocycles. The molecule has 1 aliphatic heterocycles. The van der Waals surface area contributed by atoms with Crippen molar-refractivity contribution in [2.75, 3.05) is 31.2 Å². The van der Waals surface area contributed by atoms with Gasteiger partial charge in [0.1, 0.15) is 5.84 Å². The normalized spacial score (nSPS) is 16.4. The number of nitrogens with two attached hydrogens (primary N) is 1. The first-order chi connectivity index (χ1) is 9.61. The number of aliphatic hydroxyl groups excluding tert-OH is 1. The monoisotopic (exact) mass is 341 g/mol. The average molecular weight is 342 g/mol. The topological polar surface area (TPSA) is 82.6 Å². The van der Waals surface area contributed by atoms with E-state index in [0.717, 1.165) is 41.7 Å². The highest BCUT2D eigenvalue weighted by molar-refractivity contribution is 9.10. The van der Waals surface area contributed by atoms with Crippen LogP contribution >= 0.6 is 15.9 Å². The van der Waals surface area contributed by atoms with Crippen LogP contribution in [0.5, 0.6) is 0 Å². The summed E-state index contributed by atoms with van der Waals surface area (Å²) >= 11 is 3.41. The van der Waals surface area contributed by atoms with E-state index in [9.17, 15) is 0 Å². The number of hydrogen-bond acceptors (Lipinski definition) is 4. The molecule has 0 atom stereocenters. The van der Waals surface area contributed by atoms with Gasteiger partial charge in [-0.05, 0) is 31.0 Å². The fraction of sp³-hybridized carbons (Fsp3) is 0.500. The van der Waals surface area contributed by atoms with E-state index in [0.29, 0.717) is 6.61 Å². The Hall–Kier alpha value is -1.11. The van der Waals surface area contributed by atoms with E-state index >= 15 is 0 Å². The van der Waals surface area contributed by atoms with E-state index in [1.165, 1.54) is 0 Å². The van der Waals surface area contributed by atoms with Gasteiger partial charge in [0.25, 0.3) is 0 Å². The molecule has 0 amide bonds. The highest BCUT2D eigenvalue weighted by atomic mass is 79.9. The van der Waals surface area contributed by atoms with Gasteiger partial charge in [-0.15, -0.1) is 0 Å². The van der Waals surface area contributed by atoms with Crippen LogP contribution in [-0.2, 0) is 4.74 Å². The average Bonchev–Trinajstić information content (AvgIpc) is 2.45. The van der Waals surface area contributed by atoms with E-state index in [1.807, 2.05) is 18.2 Å². The summed E-state index contributed by atoms with van der Waals surface area (Å²) in [5.74, 6) is 0.0833. The number of nitrogens with zero attached hydrogens (tertiary/aromatic N) is 1. The Labute approximate surface area is 127 Å². The van der Waals surface area contributed by atoms with Crippen molar-refractivity contribution in [2.24, 2.45) is 5.73 Å². The molecule has 1 aliphatic rings. The number of anilines is 1. The third kappa shape index (κ3) is 3.71. The first kappa shape index (κ1) is 15.3. The molecule has 4 N–H and O–H groups in total. The third-order valence-electron chi connectivity index (χ3n) is 3.48. The SMILES string of the molecule is N=C(N)c1cc(Br)ccc1N1CCC(OCCO)CC1. The van der Waals surface area contributed by atoms with E-state index in [2.05, 4.69) is 20.8 Å². The summed E-state index contributed by atoms with van der Waals surface area (Å²) in [6.45, 7) is 2.22. The summed E-state index contributed by atoms with van der Waals surface area (Å²) in [6, 6.07) is 5.85. The predicted molar refractivity (Wildman–Crippen MR) is 83.4 cm³/mol. The van der Waals surface area contributed by atoms with Crippen molar-refractivity contribution in [3.05, 3.63) is 28.2 Å². The van der Waals surface area contributed by atoms with Crippen LogP contribution in [-0.4, -0.2) is 43.3 Å². The zero-order valence-electron chi connectivity index (χ0n) is 11.3. The molecular weight excluding hydrogens is 322 g/mol. The van der Waals surface area contributed by atoms with Crippen LogP contribution in [0.2, 0.25) is 0 Å². The summed E-state index contributed by atoms with van der Waals surface area (Å²) in [4.78, 5) is 2.24. The second-order valence-electron chi connectivity index (χ2n) is 4.86. The van der Waals surface area contributed by atoms with Crippen LogP contribution in [0.4, 0.5) is 5.69 Å². The van der Waals surface area contributed by atoms with Gasteiger partial charge in [-0.2, -0.15) is 0 Å². The van der Waals surface area contributed by atoms with E-state index < -0.39 is 0 Å². The molecule has 6 heteroatoms. The number of hydrogen-bond donors (Lipinski definition) is 3. The minimum absolute atomic E-state index is 0.0708. The summed E-state index contributed by atoms with van der Waals surface area (Å²) in [5, 5.41) is 16.5. The van der Waals surface area contributed by atoms with Crippen molar-refractivity contribution in [1.29, 1.82) is 5.41 Å². The maximum Gasteiger partial charge on any atom is 0.124 e. The molecule has 20 heavy (non-hydrogen) atoms. The fourth-order valence-corrected chi connectivity index (χ4v) is 2.84. The van der Waals surface area contributed by atoms with E-state index in [1.54, 1.807) is 0 Å². The number of nitrogen functional groups attached to an aromatic ring is 1. The van der Waals surface area contributed by atoms with E-state index in [4.69, 9.17) is 21.0 Å². The van der Waals surface area contributed by atoms with Gasteiger partial charge in [-0.1, -0.05) is 15.9 Å². The van der Waals surface area contributed by atoms with Crippen LogP contribution < -0.4 is 10.6 Å². The highest BCUT2D eigenvalue weighted by Crippen LogP contribution is 2.27. The van der Waals surface area contributed by atoms with Gasteiger partial charge in [0.2, 0.25) is 0 Å². The molecule has 0 aliphatic carbocycles. The molecule has 0 spiro atoms. The smallest absolute Gasteiger partial charge is 0.124 e. The molecule has 0 radical (unpaired) electrons. The molecular formula is C14H20BrN3O2. The second-order valence-corrected chi connectivity index (χ2v) is 5.77. The van der Waals surface area contributed by atoms with Crippen molar-refractivity contribution in [2.45, 2.75) is 18.9 Å². The fourth-order valence-electron chi connectivity index (χ4n) is 2.48. The minimum Gasteiger partial charge on any atom is -0.394 e. The van der Waals surface area contributed by atoms with Crippen LogP contribution in [0.25, 0.3) is 0 Å². The van der Waals surface area contributed by atoms with Crippen LogP contribution in [0, 0.1) is 5.41 Å². The van der Waals surface area contributed by atoms with Crippen molar-refractivity contribution in [3.63, 3.8) is 0 Å². The van der Waals surface area contributed by atoms with Gasteiger partial charge in [0.15, 0.2) is 0 Å². The Balaban J connectivity index is 2.05. The molecule has 1 heterocycles. The summed E-state index contributed by atoms with van der Waals surface area (Å²) < 4.78 is 6.49. The number of rotatable bonds is 5. The zero-order valence-corrected chi connectivity index (χ0v) is 12.9. The Morgan fingerprint density at radius 3 is 2.75 bits per heavy atom. The van der Waals surface area contributed by atoms with Crippen molar-refractivity contribution >= 4 is 27.5 Å². The minimum atomic E-state index is 0.0708. The first-order valence-corrected chi connectivity index (χ1v) is 7.52. The van der Waals surface area contributed by atoms with Crippen molar-refractivity contribution in [3.8, 4) is 0 Å². The molecule has 1 aromatic carbocycles. The molecule has 1 fully saturated rings. The standard InChI is InChI=1S/C14H20BrN3O2/c15-10-1-2-13(12(9-10)14(16)17)18-5-3-11(4-6-18)20-8-7-19/h1-2,9,11,19H,3-8H2,(H3,16,17). The van der Waals surface area contributed by atoms with Gasteiger partial charge in [-0.25, -0.2) is 0 Å². The van der Waals surface area contributed by atoms with Crippen LogP contribution in [0.1, 0.15) is 18.4 Å². The lowest BCUT2D eigenvalue weighted by atomic mass is 10.0. The maximum absolute atomic E-state index is 8.77. The second kappa shape index (κ2) is 7.06. The Bertz CT molecular complexity index is 473. The highest BCUT2D eigenvalue weighted by Gasteiger charge is 2.22. The van der Waals surface area contributed by atoms with Gasteiger partial charge in [-0.3, -0.25) is 5.41 Å². The largest absolute Gasteiger partial charge is 0.394 e. The summed E-state index contributed by atoms with van der Waals surface area (Å²) in [6.07, 6.45) is 2.07. The van der Waals surface area contributed by atoms with Crippen LogP contribution in [0.3, 0.4) is 0 Å². The molecule has 2 rings (SSSR count). The molecule has 0 aromatic heterocycles. The Morgan fingerprint density at radius 2 is 2.15 bits per heavy atom. The van der Waals surface area contributed by atoms with Gasteiger partial charge >= 0.3 is 0 Å². The number of piperidine rings is 1. The molecule has 5 nitrogen and oxygen atoms in total. The predicted octanol–water partition coefficient (Wildman–Crippen LogP) is 1.71. The maximum atomic E-state index is 8.77.